The second-order valence-corrected chi connectivity index (χ2v) is 8.34. The van der Waals surface area contributed by atoms with E-state index in [1.165, 1.54) is 0 Å². The van der Waals surface area contributed by atoms with Crippen molar-refractivity contribution in [3.05, 3.63) is 100 Å². The van der Waals surface area contributed by atoms with Crippen LogP contribution in [0.1, 0.15) is 35.7 Å². The number of nitrogens with zero attached hydrogens (tertiary/aromatic N) is 1. The van der Waals surface area contributed by atoms with Gasteiger partial charge in [-0.2, -0.15) is 0 Å². The Balaban J connectivity index is 1.55. The second kappa shape index (κ2) is 9.36. The Morgan fingerprint density at radius 3 is 2.09 bits per heavy atom. The number of hydrogen-bond acceptors (Lipinski definition) is 3. The summed E-state index contributed by atoms with van der Waals surface area (Å²) in [7, 11) is 0. The minimum Gasteiger partial charge on any atom is -0.337 e. The summed E-state index contributed by atoms with van der Waals surface area (Å²) in [6.45, 7) is 2.33. The van der Waals surface area contributed by atoms with Gasteiger partial charge in [0.15, 0.2) is 0 Å². The predicted octanol–water partition coefficient (Wildman–Crippen LogP) is 3.88. The minimum atomic E-state index is -0.910. The van der Waals surface area contributed by atoms with Crippen LogP contribution in [0.15, 0.2) is 83.3 Å². The molecule has 1 heterocycles. The first-order valence-corrected chi connectivity index (χ1v) is 11.1. The summed E-state index contributed by atoms with van der Waals surface area (Å²) < 4.78 is 0.791. The highest BCUT2D eigenvalue weighted by atomic mass is 79.9. The molecule has 0 saturated heterocycles. The summed E-state index contributed by atoms with van der Waals surface area (Å²) in [4.78, 5) is 40.2. The van der Waals surface area contributed by atoms with Gasteiger partial charge in [-0.15, -0.1) is 0 Å². The Hall–Kier alpha value is -3.45. The van der Waals surface area contributed by atoms with Gasteiger partial charge in [-0.1, -0.05) is 76.6 Å². The molecule has 1 aliphatic rings. The fraction of sp³-hybridized carbons (Fsp3) is 0.160. The number of amides is 3. The van der Waals surface area contributed by atoms with Crippen LogP contribution < -0.4 is 15.5 Å². The number of rotatable bonds is 5. The van der Waals surface area contributed by atoms with E-state index in [1.807, 2.05) is 79.7 Å². The highest BCUT2D eigenvalue weighted by Gasteiger charge is 2.38. The Morgan fingerprint density at radius 2 is 1.53 bits per heavy atom. The zero-order chi connectivity index (χ0) is 22.7. The number of hydrogen-bond donors (Lipinski definition) is 2. The van der Waals surface area contributed by atoms with Crippen molar-refractivity contribution in [3.8, 4) is 0 Å². The number of carbonyl (C=O) groups excluding carboxylic acids is 3. The standard InChI is InChI=1S/C25H22BrN3O3/c1-2-29-20-14-13-18(26)15-19(20)22(25(29)32)28-24(31)23(30)27-21(16-9-5-3-6-10-16)17-11-7-4-8-12-17/h3-15,21-22H,2H2,1H3,(H,27,30)(H,28,31). The molecule has 1 atom stereocenters. The first-order chi connectivity index (χ1) is 15.5. The van der Waals surface area contributed by atoms with Gasteiger partial charge >= 0.3 is 11.8 Å². The fourth-order valence-corrected chi connectivity index (χ4v) is 4.30. The minimum absolute atomic E-state index is 0.260. The van der Waals surface area contributed by atoms with Gasteiger partial charge in [0, 0.05) is 22.3 Å². The van der Waals surface area contributed by atoms with Gasteiger partial charge in [-0.3, -0.25) is 14.4 Å². The molecule has 0 aromatic heterocycles. The summed E-state index contributed by atoms with van der Waals surface area (Å²) in [5.41, 5.74) is 3.10. The molecular formula is C25H22BrN3O3. The maximum absolute atomic E-state index is 12.9. The third kappa shape index (κ3) is 4.29. The predicted molar refractivity (Wildman–Crippen MR) is 126 cm³/mol. The summed E-state index contributed by atoms with van der Waals surface area (Å²) >= 11 is 3.41. The van der Waals surface area contributed by atoms with Gasteiger partial charge in [0.2, 0.25) is 0 Å². The van der Waals surface area contributed by atoms with Crippen molar-refractivity contribution < 1.29 is 14.4 Å². The molecule has 0 radical (unpaired) electrons. The van der Waals surface area contributed by atoms with Gasteiger partial charge in [-0.05, 0) is 36.2 Å². The maximum atomic E-state index is 12.9. The SMILES string of the molecule is CCN1C(=O)C(NC(=O)C(=O)NC(c2ccccc2)c2ccccc2)c2cc(Br)ccc21. The lowest BCUT2D eigenvalue weighted by atomic mass is 9.98. The third-order valence-corrected chi connectivity index (χ3v) is 5.94. The Kier molecular flexibility index (Phi) is 6.37. The van der Waals surface area contributed by atoms with Crippen molar-refractivity contribution in [3.63, 3.8) is 0 Å². The lowest BCUT2D eigenvalue weighted by Gasteiger charge is -2.20. The first-order valence-electron chi connectivity index (χ1n) is 10.3. The summed E-state index contributed by atoms with van der Waals surface area (Å²) in [6, 6.07) is 22.9. The lowest BCUT2D eigenvalue weighted by molar-refractivity contribution is -0.140. The highest BCUT2D eigenvalue weighted by Crippen LogP contribution is 2.37. The molecule has 0 fully saturated rings. The molecule has 2 N–H and O–H groups in total. The molecule has 3 amide bonds. The molecule has 0 spiro atoms. The largest absolute Gasteiger partial charge is 0.337 e. The smallest absolute Gasteiger partial charge is 0.310 e. The van der Waals surface area contributed by atoms with Crippen LogP contribution in [-0.2, 0) is 14.4 Å². The molecule has 3 aromatic rings. The van der Waals surface area contributed by atoms with E-state index in [0.29, 0.717) is 12.1 Å². The molecule has 4 rings (SSSR count). The molecule has 162 valence electrons. The van der Waals surface area contributed by atoms with E-state index in [1.54, 1.807) is 11.0 Å². The lowest BCUT2D eigenvalue weighted by Crippen LogP contribution is -2.45. The number of likely N-dealkylation sites (N-methyl/N-ethyl adjacent to an activating group) is 1. The Labute approximate surface area is 194 Å². The van der Waals surface area contributed by atoms with E-state index in [2.05, 4.69) is 26.6 Å². The molecule has 7 heteroatoms. The van der Waals surface area contributed by atoms with Crippen molar-refractivity contribution in [2.45, 2.75) is 19.0 Å². The van der Waals surface area contributed by atoms with Crippen molar-refractivity contribution in [2.24, 2.45) is 0 Å². The topological polar surface area (TPSA) is 78.5 Å². The number of halogens is 1. The Bertz CT molecular complexity index is 1110. The number of nitrogens with one attached hydrogen (secondary N) is 2. The van der Waals surface area contributed by atoms with Gasteiger partial charge in [0.1, 0.15) is 6.04 Å². The molecule has 1 unspecified atom stereocenters. The Morgan fingerprint density at radius 1 is 0.938 bits per heavy atom. The zero-order valence-corrected chi connectivity index (χ0v) is 19.0. The van der Waals surface area contributed by atoms with Crippen LogP contribution in [0.4, 0.5) is 5.69 Å². The molecule has 0 bridgehead atoms. The van der Waals surface area contributed by atoms with Gasteiger partial charge < -0.3 is 15.5 Å². The van der Waals surface area contributed by atoms with Gasteiger partial charge in [0.25, 0.3) is 5.91 Å². The van der Waals surface area contributed by atoms with Crippen LogP contribution >= 0.6 is 15.9 Å². The molecule has 32 heavy (non-hydrogen) atoms. The number of fused-ring (bicyclic) bond motifs is 1. The summed E-state index contributed by atoms with van der Waals surface area (Å²) in [5.74, 6) is -1.92. The van der Waals surface area contributed by atoms with E-state index in [0.717, 1.165) is 21.3 Å². The molecule has 1 aliphatic heterocycles. The summed E-state index contributed by atoms with van der Waals surface area (Å²) in [5, 5.41) is 5.43. The van der Waals surface area contributed by atoms with E-state index < -0.39 is 23.9 Å². The number of anilines is 1. The van der Waals surface area contributed by atoms with Crippen LogP contribution in [0, 0.1) is 0 Å². The second-order valence-electron chi connectivity index (χ2n) is 7.42. The van der Waals surface area contributed by atoms with Gasteiger partial charge in [0.05, 0.1) is 6.04 Å². The highest BCUT2D eigenvalue weighted by molar-refractivity contribution is 9.10. The zero-order valence-electron chi connectivity index (χ0n) is 17.4. The molecule has 0 aliphatic carbocycles. The van der Waals surface area contributed by atoms with Crippen molar-refractivity contribution in [1.29, 1.82) is 0 Å². The van der Waals surface area contributed by atoms with Crippen molar-refractivity contribution in [2.75, 3.05) is 11.4 Å². The van der Waals surface area contributed by atoms with Crippen LogP contribution in [0.5, 0.6) is 0 Å². The molecule has 0 saturated carbocycles. The van der Waals surface area contributed by atoms with Crippen molar-refractivity contribution in [1.82, 2.24) is 10.6 Å². The van der Waals surface area contributed by atoms with Crippen LogP contribution in [0.2, 0.25) is 0 Å². The van der Waals surface area contributed by atoms with E-state index >= 15 is 0 Å². The fourth-order valence-electron chi connectivity index (χ4n) is 3.92. The average Bonchev–Trinajstić information content (AvgIpc) is 3.08. The molecule has 3 aromatic carbocycles. The van der Waals surface area contributed by atoms with E-state index in [9.17, 15) is 14.4 Å². The molecular weight excluding hydrogens is 470 g/mol. The van der Waals surface area contributed by atoms with Crippen LogP contribution in [-0.4, -0.2) is 24.3 Å². The van der Waals surface area contributed by atoms with Gasteiger partial charge in [-0.25, -0.2) is 0 Å². The quantitative estimate of drug-likeness (QED) is 0.531. The maximum Gasteiger partial charge on any atom is 0.310 e. The van der Waals surface area contributed by atoms with E-state index in [4.69, 9.17) is 0 Å². The first kappa shape index (κ1) is 21.8. The van der Waals surface area contributed by atoms with Crippen molar-refractivity contribution >= 4 is 39.3 Å². The van der Waals surface area contributed by atoms with Crippen LogP contribution in [0.3, 0.4) is 0 Å². The average molecular weight is 492 g/mol. The van der Waals surface area contributed by atoms with E-state index in [-0.39, 0.29) is 5.91 Å². The number of benzene rings is 3. The third-order valence-electron chi connectivity index (χ3n) is 5.44. The number of carbonyl (C=O) groups is 3. The molecule has 6 nitrogen and oxygen atoms in total. The normalized spacial score (nSPS) is 14.9. The monoisotopic (exact) mass is 491 g/mol. The van der Waals surface area contributed by atoms with Crippen LogP contribution in [0.25, 0.3) is 0 Å². The summed E-state index contributed by atoms with van der Waals surface area (Å²) in [6.07, 6.45) is 0.